The minimum atomic E-state index is -4.39. The lowest BCUT2D eigenvalue weighted by Gasteiger charge is -2.43. The van der Waals surface area contributed by atoms with Crippen LogP contribution >= 0.6 is 0 Å². The Morgan fingerprint density at radius 1 is 1.19 bits per heavy atom. The molecule has 2 unspecified atom stereocenters. The van der Waals surface area contributed by atoms with Gasteiger partial charge in [-0.3, -0.25) is 9.10 Å². The van der Waals surface area contributed by atoms with Gasteiger partial charge in [-0.1, -0.05) is 12.1 Å². The monoisotopic (exact) mass is 405 g/mol. The highest BCUT2D eigenvalue weighted by molar-refractivity contribution is 7.93. The van der Waals surface area contributed by atoms with Gasteiger partial charge in [0.2, 0.25) is 15.9 Å². The number of nitrogens with zero attached hydrogens (tertiary/aromatic N) is 2. The number of benzene rings is 1. The summed E-state index contributed by atoms with van der Waals surface area (Å²) in [4.78, 5) is 13.5. The van der Waals surface area contributed by atoms with Crippen molar-refractivity contribution >= 4 is 27.3 Å². The Hall–Kier alpha value is -1.81. The molecular formula is C17H22F3N3O3S. The van der Waals surface area contributed by atoms with Crippen molar-refractivity contribution in [2.24, 2.45) is 0 Å². The van der Waals surface area contributed by atoms with E-state index in [9.17, 15) is 26.4 Å². The van der Waals surface area contributed by atoms with E-state index in [1.54, 1.807) is 36.1 Å². The zero-order valence-corrected chi connectivity index (χ0v) is 15.8. The summed E-state index contributed by atoms with van der Waals surface area (Å²) in [5, 5.41) is 1.38. The number of amides is 1. The van der Waals surface area contributed by atoms with Gasteiger partial charge in [-0.05, 0) is 31.9 Å². The molecular weight excluding hydrogens is 383 g/mol. The van der Waals surface area contributed by atoms with Gasteiger partial charge in [0.15, 0.2) is 0 Å². The first-order valence-corrected chi connectivity index (χ1v) is 10.2. The first-order chi connectivity index (χ1) is 12.5. The third-order valence-electron chi connectivity index (χ3n) is 5.11. The number of carbonyl (C=O) groups is 1. The molecule has 0 aromatic heterocycles. The third-order valence-corrected chi connectivity index (χ3v) is 7.32. The Morgan fingerprint density at radius 3 is 2.33 bits per heavy atom. The van der Waals surface area contributed by atoms with E-state index in [-0.39, 0.29) is 37.9 Å². The van der Waals surface area contributed by atoms with Crippen molar-refractivity contribution in [3.8, 4) is 0 Å². The largest absolute Gasteiger partial charge is 0.403 e. The second-order valence-electron chi connectivity index (χ2n) is 7.00. The lowest BCUT2D eigenvalue weighted by Crippen LogP contribution is -2.57. The molecule has 2 aliphatic heterocycles. The average Bonchev–Trinajstić information content (AvgIpc) is 2.60. The van der Waals surface area contributed by atoms with Gasteiger partial charge < -0.3 is 10.2 Å². The molecule has 1 N–H and O–H groups in total. The number of sulfonamides is 1. The van der Waals surface area contributed by atoms with E-state index in [1.807, 2.05) is 0 Å². The lowest BCUT2D eigenvalue weighted by molar-refractivity contribution is -0.159. The second-order valence-corrected chi connectivity index (χ2v) is 9.14. The summed E-state index contributed by atoms with van der Waals surface area (Å²) in [6.45, 7) is 2.98. The van der Waals surface area contributed by atoms with Crippen molar-refractivity contribution in [1.29, 1.82) is 0 Å². The summed E-state index contributed by atoms with van der Waals surface area (Å²) < 4.78 is 66.1. The van der Waals surface area contributed by atoms with Crippen molar-refractivity contribution in [3.63, 3.8) is 0 Å². The molecule has 0 saturated carbocycles. The fourth-order valence-corrected chi connectivity index (χ4v) is 5.75. The molecule has 1 aromatic rings. The van der Waals surface area contributed by atoms with E-state index in [0.29, 0.717) is 11.4 Å². The van der Waals surface area contributed by atoms with E-state index in [0.717, 1.165) is 0 Å². The fourth-order valence-electron chi connectivity index (χ4n) is 3.80. The molecule has 0 radical (unpaired) electrons. The van der Waals surface area contributed by atoms with Crippen molar-refractivity contribution < 1.29 is 26.4 Å². The maximum atomic E-state index is 13.2. The molecule has 3 rings (SSSR count). The Kier molecular flexibility index (Phi) is 5.15. The van der Waals surface area contributed by atoms with E-state index >= 15 is 0 Å². The molecule has 1 aromatic carbocycles. The van der Waals surface area contributed by atoms with Crippen LogP contribution in [0.2, 0.25) is 0 Å². The number of rotatable bonds is 2. The lowest BCUT2D eigenvalue weighted by atomic mass is 10.0. The molecule has 27 heavy (non-hydrogen) atoms. The van der Waals surface area contributed by atoms with Crippen LogP contribution in [0.4, 0.5) is 24.5 Å². The molecule has 3 atom stereocenters. The number of alkyl halides is 3. The number of halogens is 3. The number of hydrogen-bond acceptors (Lipinski definition) is 4. The van der Waals surface area contributed by atoms with Crippen LogP contribution in [0.15, 0.2) is 24.3 Å². The quantitative estimate of drug-likeness (QED) is 0.820. The predicted octanol–water partition coefficient (Wildman–Crippen LogP) is 2.26. The maximum Gasteiger partial charge on any atom is 0.403 e. The summed E-state index contributed by atoms with van der Waals surface area (Å²) in [7, 11) is -3.88. The molecule has 150 valence electrons. The maximum absolute atomic E-state index is 13.2. The number of piperidine rings is 1. The molecule has 10 heteroatoms. The fraction of sp³-hybridized carbons (Fsp3) is 0.588. The number of hydrogen-bond donors (Lipinski definition) is 1. The molecule has 1 fully saturated rings. The van der Waals surface area contributed by atoms with Crippen LogP contribution in [-0.4, -0.2) is 50.9 Å². The Labute approximate surface area is 156 Å². The van der Waals surface area contributed by atoms with Crippen LogP contribution in [0.25, 0.3) is 0 Å². The molecule has 2 aliphatic rings. The summed E-state index contributed by atoms with van der Waals surface area (Å²) in [6.07, 6.45) is -4.73. The van der Waals surface area contributed by atoms with Gasteiger partial charge in [0.25, 0.3) is 0 Å². The average molecular weight is 405 g/mol. The second kappa shape index (κ2) is 6.97. The highest BCUT2D eigenvalue weighted by Crippen LogP contribution is 2.39. The van der Waals surface area contributed by atoms with Crippen LogP contribution in [0, 0.1) is 0 Å². The van der Waals surface area contributed by atoms with Crippen LogP contribution in [0.5, 0.6) is 0 Å². The topological polar surface area (TPSA) is 69.7 Å². The van der Waals surface area contributed by atoms with Crippen LogP contribution in [0.1, 0.15) is 26.7 Å². The van der Waals surface area contributed by atoms with Crippen molar-refractivity contribution in [3.05, 3.63) is 24.3 Å². The smallest absolute Gasteiger partial charge is 0.306 e. The van der Waals surface area contributed by atoms with Gasteiger partial charge in [-0.25, -0.2) is 8.42 Å². The molecule has 1 amide bonds. The van der Waals surface area contributed by atoms with Crippen LogP contribution in [0.3, 0.4) is 0 Å². The van der Waals surface area contributed by atoms with Crippen LogP contribution < -0.4 is 14.5 Å². The number of fused-ring (bicyclic) bond motifs is 1. The number of carbonyl (C=O) groups excluding carboxylic acids is 1. The highest BCUT2D eigenvalue weighted by atomic mass is 32.2. The van der Waals surface area contributed by atoms with E-state index in [2.05, 4.69) is 5.32 Å². The summed E-state index contributed by atoms with van der Waals surface area (Å²) in [5.41, 5.74) is 0.869. The molecule has 0 bridgehead atoms. The summed E-state index contributed by atoms with van der Waals surface area (Å²) in [5.74, 6) is -0.195. The van der Waals surface area contributed by atoms with Gasteiger partial charge in [0, 0.05) is 13.5 Å². The third kappa shape index (κ3) is 3.64. The van der Waals surface area contributed by atoms with Gasteiger partial charge in [0.05, 0.1) is 29.2 Å². The summed E-state index contributed by atoms with van der Waals surface area (Å²) >= 11 is 0. The van der Waals surface area contributed by atoms with Crippen LogP contribution in [-0.2, 0) is 14.8 Å². The zero-order chi connectivity index (χ0) is 20.0. The van der Waals surface area contributed by atoms with E-state index in [1.165, 1.54) is 11.2 Å². The Morgan fingerprint density at radius 2 is 1.81 bits per heavy atom. The first-order valence-electron chi connectivity index (χ1n) is 8.74. The van der Waals surface area contributed by atoms with Crippen molar-refractivity contribution in [2.45, 2.75) is 50.2 Å². The Balaban J connectivity index is 1.89. The van der Waals surface area contributed by atoms with E-state index in [4.69, 9.17) is 0 Å². The molecule has 1 saturated heterocycles. The first kappa shape index (κ1) is 19.9. The van der Waals surface area contributed by atoms with Crippen molar-refractivity contribution in [1.82, 2.24) is 5.32 Å². The molecule has 0 aliphatic carbocycles. The Bertz CT molecular complexity index is 820. The molecule has 0 spiro atoms. The van der Waals surface area contributed by atoms with Gasteiger partial charge in [-0.2, -0.15) is 13.2 Å². The minimum Gasteiger partial charge on any atom is -0.306 e. The van der Waals surface area contributed by atoms with Gasteiger partial charge in [-0.15, -0.1) is 0 Å². The predicted molar refractivity (Wildman–Crippen MR) is 96.2 cm³/mol. The molecule has 2 heterocycles. The zero-order valence-electron chi connectivity index (χ0n) is 15.0. The standard InChI is InChI=1S/C17H22F3N3O3S/c1-11-10-22(14-5-3-4-6-15(14)23(11)12(2)24)27(25,26)13-7-8-16(21-9-13)17(18,19)20/h3-6,11,13,16,21H,7-10H2,1-2H3/t11-,13?,16?/m0/s1. The number of nitrogens with one attached hydrogen (secondary N) is 1. The van der Waals surface area contributed by atoms with Gasteiger partial charge >= 0.3 is 6.18 Å². The van der Waals surface area contributed by atoms with Crippen molar-refractivity contribution in [2.75, 3.05) is 22.3 Å². The number of anilines is 2. The van der Waals surface area contributed by atoms with Gasteiger partial charge in [0.1, 0.15) is 6.04 Å². The summed E-state index contributed by atoms with van der Waals surface area (Å²) in [6, 6.07) is 4.62. The highest BCUT2D eigenvalue weighted by Gasteiger charge is 2.46. The normalized spacial score (nSPS) is 26.6. The number of para-hydroxylation sites is 2. The minimum absolute atomic E-state index is 0.0665. The molecule has 6 nitrogen and oxygen atoms in total. The van der Waals surface area contributed by atoms with E-state index < -0.39 is 27.5 Å². The SMILES string of the molecule is CC(=O)N1c2ccccc2N(S(=O)(=O)C2CCC(C(F)(F)F)NC2)C[C@@H]1C.